The lowest BCUT2D eigenvalue weighted by Crippen LogP contribution is -2.30. The molecule has 106 valence electrons. The predicted octanol–water partition coefficient (Wildman–Crippen LogP) is 0.813. The minimum atomic E-state index is -0.174. The van der Waals surface area contributed by atoms with Crippen LogP contribution in [0, 0.1) is 20.8 Å². The third kappa shape index (κ3) is 3.34. The van der Waals surface area contributed by atoms with Crippen LogP contribution in [0.5, 0.6) is 0 Å². The number of aromatic nitrogens is 3. The largest absolute Gasteiger partial charge is 0.350 e. The van der Waals surface area contributed by atoms with Gasteiger partial charge in [-0.15, -0.1) is 0 Å². The fraction of sp³-hybridized carbons (Fsp3) is 0.357. The number of hydrogen-bond acceptors (Lipinski definition) is 3. The van der Waals surface area contributed by atoms with Crippen LogP contribution in [-0.2, 0) is 17.9 Å². The Balaban J connectivity index is 1.99. The molecule has 6 heteroatoms. The topological polar surface area (TPSA) is 79.8 Å². The lowest BCUT2D eigenvalue weighted by atomic mass is 10.1. The van der Waals surface area contributed by atoms with Gasteiger partial charge in [-0.3, -0.25) is 14.3 Å². The molecule has 2 N–H and O–H groups in total. The summed E-state index contributed by atoms with van der Waals surface area (Å²) in [6, 6.07) is 1.89. The second-order valence-electron chi connectivity index (χ2n) is 4.94. The molecule has 2 heterocycles. The fourth-order valence-corrected chi connectivity index (χ4v) is 2.04. The summed E-state index contributed by atoms with van der Waals surface area (Å²) in [5.74, 6) is -0.174. The van der Waals surface area contributed by atoms with Crippen LogP contribution in [0.3, 0.4) is 0 Å². The molecule has 0 saturated carbocycles. The molecule has 0 aliphatic rings. The van der Waals surface area contributed by atoms with E-state index < -0.39 is 0 Å². The quantitative estimate of drug-likeness (QED) is 0.866. The van der Waals surface area contributed by atoms with E-state index in [-0.39, 0.29) is 24.6 Å². The van der Waals surface area contributed by atoms with Crippen LogP contribution in [0.25, 0.3) is 0 Å². The van der Waals surface area contributed by atoms with E-state index in [1.54, 1.807) is 17.1 Å². The number of rotatable bonds is 4. The Labute approximate surface area is 116 Å². The van der Waals surface area contributed by atoms with Gasteiger partial charge in [0.2, 0.25) is 5.91 Å². The highest BCUT2D eigenvalue weighted by Gasteiger charge is 2.08. The molecule has 0 bridgehead atoms. The number of H-pyrrole nitrogens is 1. The molecule has 0 atom stereocenters. The van der Waals surface area contributed by atoms with Crippen molar-refractivity contribution in [3.8, 4) is 0 Å². The van der Waals surface area contributed by atoms with E-state index in [0.29, 0.717) is 5.56 Å². The molecule has 2 aromatic heterocycles. The van der Waals surface area contributed by atoms with Gasteiger partial charge >= 0.3 is 0 Å². The van der Waals surface area contributed by atoms with Gasteiger partial charge in [-0.2, -0.15) is 5.10 Å². The maximum Gasteiger partial charge on any atom is 0.253 e. The zero-order valence-electron chi connectivity index (χ0n) is 11.9. The van der Waals surface area contributed by atoms with E-state index in [2.05, 4.69) is 15.4 Å². The van der Waals surface area contributed by atoms with Crippen LogP contribution in [0.4, 0.5) is 0 Å². The third-order valence-corrected chi connectivity index (χ3v) is 3.02. The maximum absolute atomic E-state index is 11.8. The van der Waals surface area contributed by atoms with E-state index in [9.17, 15) is 9.59 Å². The zero-order valence-corrected chi connectivity index (χ0v) is 11.9. The van der Waals surface area contributed by atoms with Gasteiger partial charge < -0.3 is 10.3 Å². The minimum Gasteiger partial charge on any atom is -0.350 e. The molecule has 0 spiro atoms. The molecule has 2 rings (SSSR count). The van der Waals surface area contributed by atoms with Gasteiger partial charge in [0.15, 0.2) is 0 Å². The van der Waals surface area contributed by atoms with Gasteiger partial charge in [-0.25, -0.2) is 0 Å². The summed E-state index contributed by atoms with van der Waals surface area (Å²) < 4.78 is 1.57. The second-order valence-corrected chi connectivity index (χ2v) is 4.94. The molecule has 20 heavy (non-hydrogen) atoms. The molecule has 0 fully saturated rings. The van der Waals surface area contributed by atoms with E-state index in [1.165, 1.54) is 0 Å². The van der Waals surface area contributed by atoms with Crippen molar-refractivity contribution in [2.24, 2.45) is 0 Å². The monoisotopic (exact) mass is 274 g/mol. The van der Waals surface area contributed by atoms with E-state index >= 15 is 0 Å². The van der Waals surface area contributed by atoms with Gasteiger partial charge in [0.1, 0.15) is 6.54 Å². The molecular formula is C14H18N4O2. The van der Waals surface area contributed by atoms with Crippen molar-refractivity contribution in [2.75, 3.05) is 0 Å². The smallest absolute Gasteiger partial charge is 0.253 e. The standard InChI is InChI=1S/C14H18N4O2/c1-9-5-16-18(7-9)8-13(19)15-6-12-10(2)4-11(3)17-14(12)20/h4-5,7H,6,8H2,1-3H3,(H,15,19)(H,17,20). The summed E-state index contributed by atoms with van der Waals surface area (Å²) in [7, 11) is 0. The highest BCUT2D eigenvalue weighted by Crippen LogP contribution is 2.03. The van der Waals surface area contributed by atoms with Crippen molar-refractivity contribution in [3.05, 3.63) is 51.2 Å². The summed E-state index contributed by atoms with van der Waals surface area (Å²) in [5.41, 5.74) is 3.12. The van der Waals surface area contributed by atoms with Crippen LogP contribution in [0.1, 0.15) is 22.4 Å². The molecule has 0 aliphatic carbocycles. The molecule has 1 amide bonds. The van der Waals surface area contributed by atoms with Crippen LogP contribution in [0.2, 0.25) is 0 Å². The van der Waals surface area contributed by atoms with Crippen LogP contribution >= 0.6 is 0 Å². The van der Waals surface area contributed by atoms with Crippen molar-refractivity contribution in [1.82, 2.24) is 20.1 Å². The van der Waals surface area contributed by atoms with Gasteiger partial charge in [-0.1, -0.05) is 0 Å². The Hall–Kier alpha value is -2.37. The number of pyridine rings is 1. The molecule has 0 aromatic carbocycles. The Morgan fingerprint density at radius 1 is 1.40 bits per heavy atom. The normalized spacial score (nSPS) is 10.6. The number of amides is 1. The lowest BCUT2D eigenvalue weighted by Gasteiger charge is -2.08. The van der Waals surface area contributed by atoms with Crippen molar-refractivity contribution in [3.63, 3.8) is 0 Å². The summed E-state index contributed by atoms with van der Waals surface area (Å²) in [6.45, 7) is 5.98. The average Bonchev–Trinajstić information content (AvgIpc) is 2.73. The third-order valence-electron chi connectivity index (χ3n) is 3.02. The summed E-state index contributed by atoms with van der Waals surface area (Å²) in [6.07, 6.45) is 3.49. The van der Waals surface area contributed by atoms with Gasteiger partial charge in [-0.05, 0) is 38.0 Å². The fourth-order valence-electron chi connectivity index (χ4n) is 2.04. The summed E-state index contributed by atoms with van der Waals surface area (Å²) >= 11 is 0. The summed E-state index contributed by atoms with van der Waals surface area (Å²) in [4.78, 5) is 26.3. The van der Waals surface area contributed by atoms with E-state index in [0.717, 1.165) is 16.8 Å². The number of aryl methyl sites for hydroxylation is 3. The van der Waals surface area contributed by atoms with Gasteiger partial charge in [0, 0.05) is 24.0 Å². The SMILES string of the molecule is Cc1cnn(CC(=O)NCc2c(C)cc(C)[nH]c2=O)c1. The molecule has 2 aromatic rings. The van der Waals surface area contributed by atoms with Crippen LogP contribution < -0.4 is 10.9 Å². The molecule has 0 saturated heterocycles. The van der Waals surface area contributed by atoms with Gasteiger partial charge in [0.05, 0.1) is 6.20 Å². The second kappa shape index (κ2) is 5.73. The van der Waals surface area contributed by atoms with Gasteiger partial charge in [0.25, 0.3) is 5.56 Å². The molecule has 6 nitrogen and oxygen atoms in total. The number of aromatic amines is 1. The molecule has 0 aliphatic heterocycles. The summed E-state index contributed by atoms with van der Waals surface area (Å²) in [5, 5.41) is 6.78. The highest BCUT2D eigenvalue weighted by atomic mass is 16.2. The number of carbonyl (C=O) groups is 1. The van der Waals surface area contributed by atoms with E-state index in [4.69, 9.17) is 0 Å². The minimum absolute atomic E-state index is 0.149. The molecule has 0 unspecified atom stereocenters. The number of nitrogens with one attached hydrogen (secondary N) is 2. The van der Waals surface area contributed by atoms with E-state index in [1.807, 2.05) is 26.8 Å². The first-order chi connectivity index (χ1) is 9.45. The van der Waals surface area contributed by atoms with Crippen molar-refractivity contribution >= 4 is 5.91 Å². The van der Waals surface area contributed by atoms with Crippen molar-refractivity contribution < 1.29 is 4.79 Å². The van der Waals surface area contributed by atoms with Crippen LogP contribution in [-0.4, -0.2) is 20.7 Å². The maximum atomic E-state index is 11.8. The Bertz CT molecular complexity index is 685. The van der Waals surface area contributed by atoms with Crippen LogP contribution in [0.15, 0.2) is 23.3 Å². The zero-order chi connectivity index (χ0) is 14.7. The Morgan fingerprint density at radius 3 is 2.75 bits per heavy atom. The Morgan fingerprint density at radius 2 is 2.15 bits per heavy atom. The highest BCUT2D eigenvalue weighted by molar-refractivity contribution is 5.75. The molecule has 0 radical (unpaired) electrons. The average molecular weight is 274 g/mol. The first kappa shape index (κ1) is 14.0. The van der Waals surface area contributed by atoms with Crippen molar-refractivity contribution in [2.45, 2.75) is 33.9 Å². The number of nitrogens with zero attached hydrogens (tertiary/aromatic N) is 2. The number of carbonyl (C=O) groups excluding carboxylic acids is 1. The number of hydrogen-bond donors (Lipinski definition) is 2. The first-order valence-corrected chi connectivity index (χ1v) is 6.41. The Kier molecular flexibility index (Phi) is 4.02. The lowest BCUT2D eigenvalue weighted by molar-refractivity contribution is -0.122. The molecular weight excluding hydrogens is 256 g/mol. The van der Waals surface area contributed by atoms with Crippen molar-refractivity contribution in [1.29, 1.82) is 0 Å². The predicted molar refractivity (Wildman–Crippen MR) is 75.3 cm³/mol. The first-order valence-electron chi connectivity index (χ1n) is 6.41.